The van der Waals surface area contributed by atoms with E-state index in [4.69, 9.17) is 24.0 Å². The Hall–Kier alpha value is -5.39. The summed E-state index contributed by atoms with van der Waals surface area (Å²) in [6, 6.07) is 11.4. The highest BCUT2D eigenvalue weighted by Gasteiger charge is 2.39. The average Bonchev–Trinajstić information content (AvgIpc) is 3.76. The van der Waals surface area contributed by atoms with Crippen LogP contribution < -0.4 is 14.8 Å². The molecule has 1 aliphatic carbocycles. The van der Waals surface area contributed by atoms with E-state index >= 15 is 0 Å². The minimum absolute atomic E-state index is 0.0718. The number of carbonyl (C=O) groups excluding carboxylic acids is 4. The summed E-state index contributed by atoms with van der Waals surface area (Å²) in [5.41, 5.74) is 0.795. The zero-order chi connectivity index (χ0) is 40.1. The van der Waals surface area contributed by atoms with Crippen LogP contribution in [0.2, 0.25) is 0 Å². The summed E-state index contributed by atoms with van der Waals surface area (Å²) in [6.45, 7) is 4.95. The standard InChI is InChI=1S/C40H43F3N6O8/c1-54-36-22-32-26(20-33(36)45-38(52)31-3-2-4-37(44-31)40(41,42)43)24-49(46-32)27-9-11-47(12-10-27)13-14-55-15-16-56-17-18-57-29-6-7-30-25(19-29)23-48(39(30)53)34-8-5-28(50)21-35(34)51/h2-4,6-7,19-20,22,24,27,34H,5,8-18,21,23H2,1H3,(H,45,52). The number of likely N-dealkylation sites (tertiary alicyclic amines) is 1. The molecule has 17 heteroatoms. The fourth-order valence-corrected chi connectivity index (χ4v) is 7.42. The van der Waals surface area contributed by atoms with Gasteiger partial charge in [-0.15, -0.1) is 0 Å². The van der Waals surface area contributed by atoms with Crippen LogP contribution in [0.4, 0.5) is 18.9 Å². The molecule has 4 aromatic rings. The number of carbonyl (C=O) groups is 4. The van der Waals surface area contributed by atoms with E-state index in [1.165, 1.54) is 13.2 Å². The molecule has 2 aromatic heterocycles. The monoisotopic (exact) mass is 792 g/mol. The number of rotatable bonds is 15. The number of ether oxygens (including phenoxy) is 4. The van der Waals surface area contributed by atoms with Crippen molar-refractivity contribution in [1.82, 2.24) is 24.6 Å². The Kier molecular flexibility index (Phi) is 12.2. The van der Waals surface area contributed by atoms with Crippen LogP contribution in [0.15, 0.2) is 54.7 Å². The Labute approximate surface area is 326 Å². The Morgan fingerprint density at radius 2 is 1.72 bits per heavy atom. The van der Waals surface area contributed by atoms with Crippen molar-refractivity contribution in [2.75, 3.05) is 65.1 Å². The zero-order valence-corrected chi connectivity index (χ0v) is 31.4. The van der Waals surface area contributed by atoms with Gasteiger partial charge in [-0.3, -0.25) is 23.9 Å². The summed E-state index contributed by atoms with van der Waals surface area (Å²) in [5.74, 6) is -0.310. The SMILES string of the molecule is COc1cc2nn(C3CCN(CCOCCOCCOc4ccc5c(c4)CN(C4CCC(=O)CC4=O)C5=O)CC3)cc2cc1NC(=O)c1cccc(C(F)(F)F)n1. The fourth-order valence-electron chi connectivity index (χ4n) is 7.42. The Morgan fingerprint density at radius 1 is 0.947 bits per heavy atom. The van der Waals surface area contributed by atoms with E-state index in [-0.39, 0.29) is 35.6 Å². The summed E-state index contributed by atoms with van der Waals surface area (Å²) in [4.78, 5) is 57.1. The first-order valence-electron chi connectivity index (χ1n) is 18.9. The second kappa shape index (κ2) is 17.4. The number of benzene rings is 2. The largest absolute Gasteiger partial charge is 0.494 e. The molecule has 57 heavy (non-hydrogen) atoms. The number of amides is 2. The summed E-state index contributed by atoms with van der Waals surface area (Å²) in [6.07, 6.45) is -0.440. The molecule has 2 fully saturated rings. The van der Waals surface area contributed by atoms with Gasteiger partial charge in [-0.1, -0.05) is 6.07 Å². The van der Waals surface area contributed by atoms with Gasteiger partial charge < -0.3 is 34.1 Å². The summed E-state index contributed by atoms with van der Waals surface area (Å²) in [7, 11) is 1.44. The van der Waals surface area contributed by atoms with Gasteiger partial charge >= 0.3 is 6.18 Å². The lowest BCUT2D eigenvalue weighted by Gasteiger charge is -2.31. The van der Waals surface area contributed by atoms with Gasteiger partial charge in [0.2, 0.25) is 0 Å². The van der Waals surface area contributed by atoms with Crippen molar-refractivity contribution in [2.24, 2.45) is 0 Å². The number of halogens is 3. The molecule has 3 aliphatic rings. The maximum absolute atomic E-state index is 13.1. The van der Waals surface area contributed by atoms with Crippen molar-refractivity contribution >= 4 is 40.0 Å². The van der Waals surface area contributed by atoms with E-state index in [9.17, 15) is 32.3 Å². The molecular formula is C40H43F3N6O8. The van der Waals surface area contributed by atoms with Crippen LogP contribution >= 0.6 is 0 Å². The van der Waals surface area contributed by atoms with Crippen LogP contribution in [-0.2, 0) is 31.8 Å². The first-order chi connectivity index (χ1) is 27.5. The van der Waals surface area contributed by atoms with Gasteiger partial charge in [0.15, 0.2) is 5.78 Å². The van der Waals surface area contributed by atoms with Crippen molar-refractivity contribution in [2.45, 2.75) is 56.9 Å². The van der Waals surface area contributed by atoms with Crippen molar-refractivity contribution in [3.63, 3.8) is 0 Å². The van der Waals surface area contributed by atoms with Gasteiger partial charge in [0.05, 0.1) is 63.2 Å². The van der Waals surface area contributed by atoms with Crippen LogP contribution in [0, 0.1) is 0 Å². The lowest BCUT2D eigenvalue weighted by molar-refractivity contribution is -0.141. The van der Waals surface area contributed by atoms with Gasteiger partial charge in [0.25, 0.3) is 11.8 Å². The average molecular weight is 793 g/mol. The number of Topliss-reactive ketones (excluding diaryl/α,β-unsaturated/α-hetero) is 2. The third kappa shape index (κ3) is 9.43. The zero-order valence-electron chi connectivity index (χ0n) is 31.4. The predicted octanol–water partition coefficient (Wildman–Crippen LogP) is 5.11. The molecular weight excluding hydrogens is 749 g/mol. The third-order valence-corrected chi connectivity index (χ3v) is 10.4. The number of nitrogens with one attached hydrogen (secondary N) is 1. The number of ketones is 2. The Bertz CT molecular complexity index is 2130. The van der Waals surface area contributed by atoms with Crippen LogP contribution in [0.3, 0.4) is 0 Å². The van der Waals surface area contributed by atoms with Gasteiger partial charge in [-0.25, -0.2) is 4.98 Å². The number of fused-ring (bicyclic) bond motifs is 2. The molecule has 14 nitrogen and oxygen atoms in total. The van der Waals surface area contributed by atoms with E-state index in [1.807, 2.05) is 16.9 Å². The van der Waals surface area contributed by atoms with Crippen molar-refractivity contribution in [3.05, 3.63) is 77.2 Å². The van der Waals surface area contributed by atoms with E-state index in [0.29, 0.717) is 80.7 Å². The molecule has 0 radical (unpaired) electrons. The molecule has 2 amide bonds. The Balaban J connectivity index is 0.785. The molecule has 1 saturated heterocycles. The number of pyridine rings is 1. The lowest BCUT2D eigenvalue weighted by atomic mass is 9.92. The number of hydrogen-bond donors (Lipinski definition) is 1. The molecule has 0 spiro atoms. The maximum atomic E-state index is 13.1. The number of nitrogens with zero attached hydrogens (tertiary/aromatic N) is 5. The minimum atomic E-state index is -4.67. The number of piperidine rings is 1. The van der Waals surface area contributed by atoms with Gasteiger partial charge in [-0.05, 0) is 61.2 Å². The number of methoxy groups -OCH3 is 1. The summed E-state index contributed by atoms with van der Waals surface area (Å²) >= 11 is 0. The van der Waals surface area contributed by atoms with E-state index < -0.39 is 23.8 Å². The highest BCUT2D eigenvalue weighted by Crippen LogP contribution is 2.34. The van der Waals surface area contributed by atoms with E-state index in [2.05, 4.69) is 15.2 Å². The van der Waals surface area contributed by atoms with Crippen molar-refractivity contribution in [1.29, 1.82) is 0 Å². The topological polar surface area (TPSA) is 154 Å². The lowest BCUT2D eigenvalue weighted by Crippen LogP contribution is -2.44. The highest BCUT2D eigenvalue weighted by molar-refractivity contribution is 6.07. The normalized spacial score (nSPS) is 18.0. The molecule has 2 aliphatic heterocycles. The fraction of sp³-hybridized carbons (Fsp3) is 0.450. The van der Waals surface area contributed by atoms with Gasteiger partial charge in [-0.2, -0.15) is 18.3 Å². The molecule has 1 atom stereocenters. The van der Waals surface area contributed by atoms with Crippen LogP contribution in [-0.4, -0.2) is 114 Å². The number of hydrogen-bond acceptors (Lipinski definition) is 11. The van der Waals surface area contributed by atoms with Crippen molar-refractivity contribution < 1.29 is 51.3 Å². The second-order valence-electron chi connectivity index (χ2n) is 14.2. The molecule has 4 heterocycles. The highest BCUT2D eigenvalue weighted by atomic mass is 19.4. The minimum Gasteiger partial charge on any atom is -0.494 e. The van der Waals surface area contributed by atoms with Gasteiger partial charge in [0.1, 0.15) is 35.3 Å². The van der Waals surface area contributed by atoms with E-state index in [1.54, 1.807) is 29.2 Å². The maximum Gasteiger partial charge on any atom is 0.433 e. The second-order valence-corrected chi connectivity index (χ2v) is 14.2. The molecule has 2 aromatic carbocycles. The van der Waals surface area contributed by atoms with Crippen LogP contribution in [0.1, 0.15) is 70.2 Å². The molecule has 1 unspecified atom stereocenters. The molecule has 302 valence electrons. The molecule has 1 N–H and O–H groups in total. The Morgan fingerprint density at radius 3 is 2.47 bits per heavy atom. The quantitative estimate of drug-likeness (QED) is 0.126. The molecule has 7 rings (SSSR count). The third-order valence-electron chi connectivity index (χ3n) is 10.4. The first-order valence-corrected chi connectivity index (χ1v) is 18.9. The molecule has 0 bridgehead atoms. The smallest absolute Gasteiger partial charge is 0.433 e. The summed E-state index contributed by atoms with van der Waals surface area (Å²) in [5, 5.41) is 8.12. The summed E-state index contributed by atoms with van der Waals surface area (Å²) < 4.78 is 64.0. The van der Waals surface area contributed by atoms with Crippen LogP contribution in [0.25, 0.3) is 10.9 Å². The van der Waals surface area contributed by atoms with Crippen LogP contribution in [0.5, 0.6) is 11.5 Å². The molecule has 1 saturated carbocycles. The number of alkyl halides is 3. The van der Waals surface area contributed by atoms with Gasteiger partial charge in [0, 0.05) is 55.8 Å². The van der Waals surface area contributed by atoms with E-state index in [0.717, 1.165) is 55.6 Å². The first kappa shape index (κ1) is 39.8. The predicted molar refractivity (Wildman–Crippen MR) is 199 cm³/mol. The number of aromatic nitrogens is 3. The van der Waals surface area contributed by atoms with Crippen molar-refractivity contribution in [3.8, 4) is 11.5 Å². The number of anilines is 1.